The molecule has 0 aliphatic carbocycles. The Bertz CT molecular complexity index is 794. The molecule has 0 aromatic heterocycles. The maximum atomic E-state index is 11.0. The molecule has 1 aliphatic heterocycles. The number of hydrogen-bond donors (Lipinski definition) is 2. The van der Waals surface area contributed by atoms with Gasteiger partial charge in [-0.1, -0.05) is 6.07 Å². The fourth-order valence-electron chi connectivity index (χ4n) is 2.22. The first-order chi connectivity index (χ1) is 11.0. The van der Waals surface area contributed by atoms with Crippen LogP contribution in [0.3, 0.4) is 0 Å². The summed E-state index contributed by atoms with van der Waals surface area (Å²) in [4.78, 5) is 10.5. The van der Waals surface area contributed by atoms with E-state index < -0.39 is 4.92 Å². The Morgan fingerprint density at radius 2 is 2.00 bits per heavy atom. The van der Waals surface area contributed by atoms with E-state index in [4.69, 9.17) is 21.7 Å². The summed E-state index contributed by atoms with van der Waals surface area (Å²) in [6, 6.07) is 10.2. The van der Waals surface area contributed by atoms with Crippen LogP contribution in [0.2, 0.25) is 0 Å². The number of nitrogens with one attached hydrogen (secondary N) is 2. The van der Waals surface area contributed by atoms with Crippen molar-refractivity contribution in [2.24, 2.45) is 0 Å². The summed E-state index contributed by atoms with van der Waals surface area (Å²) in [5.74, 6) is 1.33. The van der Waals surface area contributed by atoms with Crippen LogP contribution in [0.15, 0.2) is 36.4 Å². The van der Waals surface area contributed by atoms with Crippen molar-refractivity contribution >= 4 is 34.4 Å². The molecule has 0 amide bonds. The molecule has 0 saturated heterocycles. The van der Waals surface area contributed by atoms with Gasteiger partial charge in [0.1, 0.15) is 0 Å². The molecule has 1 heterocycles. The van der Waals surface area contributed by atoms with Crippen molar-refractivity contribution in [2.75, 3.05) is 17.4 Å². The number of anilines is 2. The molecule has 0 unspecified atom stereocenters. The monoisotopic (exact) mass is 331 g/mol. The SMILES string of the molecule is Cc1c(NC(=S)Nc2ccc3c(c2)OCO3)cccc1[N+](=O)[O-]. The van der Waals surface area contributed by atoms with Crippen LogP contribution in [-0.4, -0.2) is 16.8 Å². The van der Waals surface area contributed by atoms with Crippen LogP contribution >= 0.6 is 12.2 Å². The van der Waals surface area contributed by atoms with Gasteiger partial charge in [-0.25, -0.2) is 0 Å². The fourth-order valence-corrected chi connectivity index (χ4v) is 2.44. The van der Waals surface area contributed by atoms with Crippen molar-refractivity contribution in [1.82, 2.24) is 0 Å². The number of benzene rings is 2. The first kappa shape index (κ1) is 15.0. The van der Waals surface area contributed by atoms with E-state index in [1.54, 1.807) is 31.2 Å². The van der Waals surface area contributed by atoms with Crippen LogP contribution < -0.4 is 20.1 Å². The average molecular weight is 331 g/mol. The third kappa shape index (κ3) is 3.16. The summed E-state index contributed by atoms with van der Waals surface area (Å²) in [5.41, 5.74) is 1.88. The number of ether oxygens (including phenoxy) is 2. The Morgan fingerprint density at radius 1 is 1.22 bits per heavy atom. The summed E-state index contributed by atoms with van der Waals surface area (Å²) in [6.07, 6.45) is 0. The molecule has 23 heavy (non-hydrogen) atoms. The molecule has 3 rings (SSSR count). The highest BCUT2D eigenvalue weighted by Crippen LogP contribution is 2.34. The van der Waals surface area contributed by atoms with E-state index in [-0.39, 0.29) is 12.5 Å². The molecule has 2 aromatic rings. The smallest absolute Gasteiger partial charge is 0.274 e. The fraction of sp³-hybridized carbons (Fsp3) is 0.133. The molecular weight excluding hydrogens is 318 g/mol. The minimum atomic E-state index is -0.422. The van der Waals surface area contributed by atoms with E-state index in [1.807, 2.05) is 6.07 Å². The van der Waals surface area contributed by atoms with Crippen molar-refractivity contribution in [3.8, 4) is 11.5 Å². The van der Waals surface area contributed by atoms with Crippen molar-refractivity contribution < 1.29 is 14.4 Å². The predicted molar refractivity (Wildman–Crippen MR) is 90.2 cm³/mol. The number of thiocarbonyl (C=S) groups is 1. The molecular formula is C15H13N3O4S. The van der Waals surface area contributed by atoms with E-state index in [2.05, 4.69) is 10.6 Å². The number of nitrogens with zero attached hydrogens (tertiary/aromatic N) is 1. The molecule has 0 saturated carbocycles. The minimum Gasteiger partial charge on any atom is -0.454 e. The topological polar surface area (TPSA) is 85.7 Å². The minimum absolute atomic E-state index is 0.0425. The molecule has 0 radical (unpaired) electrons. The lowest BCUT2D eigenvalue weighted by Crippen LogP contribution is -2.19. The summed E-state index contributed by atoms with van der Waals surface area (Å²) >= 11 is 5.25. The number of nitro groups is 1. The van der Waals surface area contributed by atoms with E-state index in [1.165, 1.54) is 6.07 Å². The van der Waals surface area contributed by atoms with E-state index in [0.717, 1.165) is 5.69 Å². The average Bonchev–Trinajstić information content (AvgIpc) is 2.96. The number of nitro benzene ring substituents is 1. The lowest BCUT2D eigenvalue weighted by atomic mass is 10.1. The highest BCUT2D eigenvalue weighted by atomic mass is 32.1. The molecule has 0 atom stereocenters. The van der Waals surface area contributed by atoms with Gasteiger partial charge in [0, 0.05) is 17.8 Å². The van der Waals surface area contributed by atoms with Gasteiger partial charge in [0.05, 0.1) is 16.2 Å². The molecule has 2 aromatic carbocycles. The summed E-state index contributed by atoms with van der Waals surface area (Å²) < 4.78 is 10.5. The molecule has 8 heteroatoms. The van der Waals surface area contributed by atoms with E-state index >= 15 is 0 Å². The van der Waals surface area contributed by atoms with Gasteiger partial charge < -0.3 is 20.1 Å². The molecule has 0 spiro atoms. The molecule has 0 bridgehead atoms. The highest BCUT2D eigenvalue weighted by molar-refractivity contribution is 7.80. The van der Waals surface area contributed by atoms with Crippen LogP contribution in [-0.2, 0) is 0 Å². The van der Waals surface area contributed by atoms with Gasteiger partial charge in [-0.15, -0.1) is 0 Å². The van der Waals surface area contributed by atoms with E-state index in [9.17, 15) is 10.1 Å². The number of hydrogen-bond acceptors (Lipinski definition) is 5. The second kappa shape index (κ2) is 6.09. The lowest BCUT2D eigenvalue weighted by Gasteiger charge is -2.12. The normalized spacial score (nSPS) is 11.9. The Labute approximate surface area is 137 Å². The Hall–Kier alpha value is -2.87. The standard InChI is InChI=1S/C15H13N3O4S/c1-9-11(3-2-4-12(9)18(19)20)17-15(23)16-10-5-6-13-14(7-10)22-8-21-13/h2-7H,8H2,1H3,(H2,16,17,23). The Kier molecular flexibility index (Phi) is 3.98. The predicted octanol–water partition coefficient (Wildman–Crippen LogP) is 3.44. The van der Waals surface area contributed by atoms with Gasteiger partial charge in [0.15, 0.2) is 16.6 Å². The zero-order chi connectivity index (χ0) is 16.4. The maximum absolute atomic E-state index is 11.0. The van der Waals surface area contributed by atoms with Crippen LogP contribution in [0.25, 0.3) is 0 Å². The zero-order valence-corrected chi connectivity index (χ0v) is 13.0. The van der Waals surface area contributed by atoms with Crippen LogP contribution in [0, 0.1) is 17.0 Å². The zero-order valence-electron chi connectivity index (χ0n) is 12.2. The van der Waals surface area contributed by atoms with Gasteiger partial charge in [-0.2, -0.15) is 0 Å². The van der Waals surface area contributed by atoms with Crippen LogP contribution in [0.5, 0.6) is 11.5 Å². The second-order valence-electron chi connectivity index (χ2n) is 4.85. The first-order valence-electron chi connectivity index (χ1n) is 6.76. The quantitative estimate of drug-likeness (QED) is 0.506. The molecule has 1 aliphatic rings. The van der Waals surface area contributed by atoms with Crippen LogP contribution in [0.4, 0.5) is 17.1 Å². The second-order valence-corrected chi connectivity index (χ2v) is 5.26. The van der Waals surface area contributed by atoms with Gasteiger partial charge >= 0.3 is 0 Å². The van der Waals surface area contributed by atoms with Crippen molar-refractivity contribution in [3.05, 3.63) is 52.1 Å². The summed E-state index contributed by atoms with van der Waals surface area (Å²) in [7, 11) is 0. The van der Waals surface area contributed by atoms with Crippen molar-refractivity contribution in [3.63, 3.8) is 0 Å². The van der Waals surface area contributed by atoms with E-state index in [0.29, 0.717) is 27.9 Å². The van der Waals surface area contributed by atoms with Crippen molar-refractivity contribution in [1.29, 1.82) is 0 Å². The summed E-state index contributed by atoms with van der Waals surface area (Å²) in [6.45, 7) is 1.87. The van der Waals surface area contributed by atoms with Crippen molar-refractivity contribution in [2.45, 2.75) is 6.92 Å². The number of rotatable bonds is 3. The van der Waals surface area contributed by atoms with Gasteiger partial charge in [-0.05, 0) is 37.3 Å². The molecule has 118 valence electrons. The number of fused-ring (bicyclic) bond motifs is 1. The molecule has 2 N–H and O–H groups in total. The largest absolute Gasteiger partial charge is 0.454 e. The maximum Gasteiger partial charge on any atom is 0.274 e. The third-order valence-electron chi connectivity index (χ3n) is 3.38. The summed E-state index contributed by atoms with van der Waals surface area (Å²) in [5, 5.41) is 17.3. The molecule has 7 nitrogen and oxygen atoms in total. The Balaban J connectivity index is 1.73. The highest BCUT2D eigenvalue weighted by Gasteiger charge is 2.15. The molecule has 0 fully saturated rings. The first-order valence-corrected chi connectivity index (χ1v) is 7.17. The lowest BCUT2D eigenvalue weighted by molar-refractivity contribution is -0.385. The Morgan fingerprint density at radius 3 is 2.78 bits per heavy atom. The third-order valence-corrected chi connectivity index (χ3v) is 3.58. The van der Waals surface area contributed by atoms with Gasteiger partial charge in [-0.3, -0.25) is 10.1 Å². The van der Waals surface area contributed by atoms with Crippen LogP contribution in [0.1, 0.15) is 5.56 Å². The van der Waals surface area contributed by atoms with Gasteiger partial charge in [0.2, 0.25) is 6.79 Å². The van der Waals surface area contributed by atoms with Gasteiger partial charge in [0.25, 0.3) is 5.69 Å².